The van der Waals surface area contributed by atoms with Gasteiger partial charge in [-0.25, -0.2) is 4.79 Å². The SMILES string of the molecule is COc1cc(Cn2c(=O)n(O)c(=O)c3c(C)csc32)cc2c1OCO2. The minimum absolute atomic E-state index is 0.102. The van der Waals surface area contributed by atoms with Crippen molar-refractivity contribution in [2.75, 3.05) is 13.9 Å². The Hall–Kier alpha value is -2.94. The zero-order valence-corrected chi connectivity index (χ0v) is 14.3. The molecule has 1 aliphatic rings. The number of hydrogen-bond donors (Lipinski definition) is 1. The summed E-state index contributed by atoms with van der Waals surface area (Å²) in [6.45, 7) is 2.01. The van der Waals surface area contributed by atoms with E-state index in [0.717, 1.165) is 0 Å². The summed E-state index contributed by atoms with van der Waals surface area (Å²) in [7, 11) is 1.52. The van der Waals surface area contributed by atoms with E-state index in [-0.39, 0.29) is 18.1 Å². The summed E-state index contributed by atoms with van der Waals surface area (Å²) in [6, 6.07) is 3.48. The molecule has 130 valence electrons. The molecule has 9 heteroatoms. The topological polar surface area (TPSA) is 91.9 Å². The quantitative estimate of drug-likeness (QED) is 0.711. The molecule has 1 aromatic carbocycles. The number of aryl methyl sites for hydroxylation is 1. The summed E-state index contributed by atoms with van der Waals surface area (Å²) in [5.41, 5.74) is -0.0757. The fraction of sp³-hybridized carbons (Fsp3) is 0.250. The molecule has 1 aliphatic heterocycles. The molecule has 0 aliphatic carbocycles. The highest BCUT2D eigenvalue weighted by Gasteiger charge is 2.22. The van der Waals surface area contributed by atoms with Crippen LogP contribution in [0, 0.1) is 6.92 Å². The van der Waals surface area contributed by atoms with Crippen LogP contribution in [-0.2, 0) is 6.54 Å². The summed E-state index contributed by atoms with van der Waals surface area (Å²) in [4.78, 5) is 25.0. The average molecular weight is 362 g/mol. The van der Waals surface area contributed by atoms with Crippen molar-refractivity contribution in [1.82, 2.24) is 9.30 Å². The van der Waals surface area contributed by atoms with Crippen LogP contribution in [0.2, 0.25) is 0 Å². The van der Waals surface area contributed by atoms with Gasteiger partial charge in [0.05, 0.1) is 19.0 Å². The van der Waals surface area contributed by atoms with Crippen LogP contribution < -0.4 is 25.5 Å². The monoisotopic (exact) mass is 362 g/mol. The van der Waals surface area contributed by atoms with Crippen molar-refractivity contribution in [2.24, 2.45) is 0 Å². The Morgan fingerprint density at radius 1 is 1.32 bits per heavy atom. The molecule has 0 radical (unpaired) electrons. The Labute approximate surface area is 145 Å². The normalized spacial score (nSPS) is 12.7. The molecular formula is C16H14N2O6S. The number of aromatic nitrogens is 2. The Morgan fingerprint density at radius 2 is 2.12 bits per heavy atom. The van der Waals surface area contributed by atoms with Crippen LogP contribution >= 0.6 is 11.3 Å². The number of fused-ring (bicyclic) bond motifs is 2. The molecule has 0 spiro atoms. The first-order valence-electron chi connectivity index (χ1n) is 7.40. The molecule has 0 atom stereocenters. The third-order valence-corrected chi connectivity index (χ3v) is 5.20. The van der Waals surface area contributed by atoms with Gasteiger partial charge in [-0.3, -0.25) is 9.36 Å². The molecule has 0 saturated heterocycles. The molecule has 3 heterocycles. The highest BCUT2D eigenvalue weighted by molar-refractivity contribution is 7.17. The second kappa shape index (κ2) is 5.55. The van der Waals surface area contributed by atoms with Crippen molar-refractivity contribution in [3.63, 3.8) is 0 Å². The van der Waals surface area contributed by atoms with E-state index in [0.29, 0.717) is 38.6 Å². The number of nitrogens with zero attached hydrogens (tertiary/aromatic N) is 2. The second-order valence-electron chi connectivity index (χ2n) is 5.62. The summed E-state index contributed by atoms with van der Waals surface area (Å²) in [6.07, 6.45) is 0. The van der Waals surface area contributed by atoms with Crippen molar-refractivity contribution in [2.45, 2.75) is 13.5 Å². The largest absolute Gasteiger partial charge is 0.493 e. The molecule has 1 N–H and O–H groups in total. The standard InChI is InChI=1S/C16H14N2O6S/c1-8-6-25-15-12(8)14(19)18(21)16(20)17(15)5-9-3-10(22-2)13-11(4-9)23-7-24-13/h3-4,6,21H,5,7H2,1-2H3. The van der Waals surface area contributed by atoms with Gasteiger partial charge in [-0.1, -0.05) is 4.73 Å². The Morgan fingerprint density at radius 3 is 2.88 bits per heavy atom. The third kappa shape index (κ3) is 2.27. The van der Waals surface area contributed by atoms with Crippen molar-refractivity contribution in [3.8, 4) is 17.2 Å². The van der Waals surface area contributed by atoms with Gasteiger partial charge in [0.25, 0.3) is 5.56 Å². The molecule has 25 heavy (non-hydrogen) atoms. The first-order valence-corrected chi connectivity index (χ1v) is 8.28. The van der Waals surface area contributed by atoms with Crippen LogP contribution in [0.1, 0.15) is 11.1 Å². The Balaban J connectivity index is 1.90. The van der Waals surface area contributed by atoms with E-state index in [2.05, 4.69) is 0 Å². The lowest BCUT2D eigenvalue weighted by Gasteiger charge is -2.11. The molecule has 0 fully saturated rings. The van der Waals surface area contributed by atoms with E-state index < -0.39 is 11.2 Å². The van der Waals surface area contributed by atoms with Gasteiger partial charge < -0.3 is 19.4 Å². The molecule has 8 nitrogen and oxygen atoms in total. The van der Waals surface area contributed by atoms with Crippen molar-refractivity contribution >= 4 is 21.6 Å². The zero-order chi connectivity index (χ0) is 17.7. The van der Waals surface area contributed by atoms with Gasteiger partial charge in [0, 0.05) is 0 Å². The van der Waals surface area contributed by atoms with E-state index in [4.69, 9.17) is 14.2 Å². The first-order chi connectivity index (χ1) is 12.0. The molecule has 2 aromatic heterocycles. The van der Waals surface area contributed by atoms with Crippen LogP contribution in [0.15, 0.2) is 27.1 Å². The van der Waals surface area contributed by atoms with Crippen LogP contribution in [0.3, 0.4) is 0 Å². The van der Waals surface area contributed by atoms with Crippen molar-refractivity contribution in [3.05, 3.63) is 49.5 Å². The van der Waals surface area contributed by atoms with Gasteiger partial charge in [0.15, 0.2) is 11.5 Å². The van der Waals surface area contributed by atoms with Crippen molar-refractivity contribution in [1.29, 1.82) is 0 Å². The highest BCUT2D eigenvalue weighted by Crippen LogP contribution is 2.42. The molecule has 0 unspecified atom stereocenters. The van der Waals surface area contributed by atoms with Gasteiger partial charge in [-0.05, 0) is 35.6 Å². The van der Waals surface area contributed by atoms with E-state index in [9.17, 15) is 14.8 Å². The Bertz CT molecular complexity index is 1110. The van der Waals surface area contributed by atoms with E-state index in [1.54, 1.807) is 24.4 Å². The lowest BCUT2D eigenvalue weighted by molar-refractivity contribution is 0.158. The molecule has 4 rings (SSSR count). The number of benzene rings is 1. The van der Waals surface area contributed by atoms with E-state index in [1.165, 1.54) is 23.0 Å². The molecule has 0 saturated carbocycles. The highest BCUT2D eigenvalue weighted by atomic mass is 32.1. The molecule has 3 aromatic rings. The van der Waals surface area contributed by atoms with Gasteiger partial charge in [-0.15, -0.1) is 11.3 Å². The number of rotatable bonds is 3. The van der Waals surface area contributed by atoms with Crippen LogP contribution in [0.4, 0.5) is 0 Å². The fourth-order valence-electron chi connectivity index (χ4n) is 2.88. The van der Waals surface area contributed by atoms with Crippen LogP contribution in [0.25, 0.3) is 10.2 Å². The lowest BCUT2D eigenvalue weighted by Crippen LogP contribution is -2.38. The average Bonchev–Trinajstić information content (AvgIpc) is 3.22. The predicted octanol–water partition coefficient (Wildman–Crippen LogP) is 1.56. The fourth-order valence-corrected chi connectivity index (χ4v) is 3.92. The summed E-state index contributed by atoms with van der Waals surface area (Å²) >= 11 is 1.28. The van der Waals surface area contributed by atoms with Crippen LogP contribution in [0.5, 0.6) is 17.2 Å². The van der Waals surface area contributed by atoms with E-state index >= 15 is 0 Å². The first kappa shape index (κ1) is 15.6. The maximum Gasteiger partial charge on any atom is 0.365 e. The number of hydrogen-bond acceptors (Lipinski definition) is 7. The lowest BCUT2D eigenvalue weighted by atomic mass is 10.1. The zero-order valence-electron chi connectivity index (χ0n) is 13.4. The maximum atomic E-state index is 12.4. The van der Waals surface area contributed by atoms with Gasteiger partial charge in [0.1, 0.15) is 4.83 Å². The summed E-state index contributed by atoms with van der Waals surface area (Å²) < 4.78 is 17.6. The van der Waals surface area contributed by atoms with Crippen LogP contribution in [-0.4, -0.2) is 28.4 Å². The van der Waals surface area contributed by atoms with E-state index in [1.807, 2.05) is 0 Å². The van der Waals surface area contributed by atoms with Gasteiger partial charge in [0.2, 0.25) is 12.5 Å². The number of methoxy groups -OCH3 is 1. The number of ether oxygens (including phenoxy) is 3. The third-order valence-electron chi connectivity index (χ3n) is 4.08. The molecule has 0 bridgehead atoms. The molecule has 0 amide bonds. The molecular weight excluding hydrogens is 348 g/mol. The summed E-state index contributed by atoms with van der Waals surface area (Å²) in [5.74, 6) is 1.54. The summed E-state index contributed by atoms with van der Waals surface area (Å²) in [5, 5.41) is 12.0. The predicted molar refractivity (Wildman–Crippen MR) is 90.5 cm³/mol. The second-order valence-corrected chi connectivity index (χ2v) is 6.47. The Kier molecular flexibility index (Phi) is 3.46. The van der Waals surface area contributed by atoms with Gasteiger partial charge >= 0.3 is 5.69 Å². The minimum atomic E-state index is -0.795. The number of thiophene rings is 1. The maximum absolute atomic E-state index is 12.4. The smallest absolute Gasteiger partial charge is 0.365 e. The van der Waals surface area contributed by atoms with Crippen molar-refractivity contribution < 1.29 is 19.4 Å². The minimum Gasteiger partial charge on any atom is -0.493 e. The van der Waals surface area contributed by atoms with Gasteiger partial charge in [-0.2, -0.15) is 0 Å².